The number of rotatable bonds is 5. The molecular formula is C27H44O2. The Morgan fingerprint density at radius 2 is 1.62 bits per heavy atom. The van der Waals surface area contributed by atoms with Crippen LogP contribution in [0, 0.1) is 52.3 Å². The average molecular weight is 401 g/mol. The number of carbonyl (C=O) groups is 2. The van der Waals surface area contributed by atoms with Crippen LogP contribution in [0.4, 0.5) is 0 Å². The van der Waals surface area contributed by atoms with E-state index in [2.05, 4.69) is 34.6 Å². The molecule has 2 heteroatoms. The molecule has 0 N–H and O–H groups in total. The fourth-order valence-corrected chi connectivity index (χ4v) is 8.75. The van der Waals surface area contributed by atoms with Gasteiger partial charge in [-0.3, -0.25) is 9.59 Å². The first kappa shape index (κ1) is 21.6. The van der Waals surface area contributed by atoms with E-state index in [0.29, 0.717) is 47.6 Å². The van der Waals surface area contributed by atoms with Gasteiger partial charge in [0.1, 0.15) is 11.6 Å². The van der Waals surface area contributed by atoms with Gasteiger partial charge in [-0.15, -0.1) is 0 Å². The molecule has 29 heavy (non-hydrogen) atoms. The number of Topliss-reactive ketones (excluding diaryl/α,β-unsaturated/α-hetero) is 2. The molecule has 0 radical (unpaired) electrons. The van der Waals surface area contributed by atoms with Crippen molar-refractivity contribution in [1.29, 1.82) is 0 Å². The predicted molar refractivity (Wildman–Crippen MR) is 118 cm³/mol. The van der Waals surface area contributed by atoms with Gasteiger partial charge in [0.2, 0.25) is 0 Å². The van der Waals surface area contributed by atoms with E-state index in [0.717, 1.165) is 30.6 Å². The summed E-state index contributed by atoms with van der Waals surface area (Å²) in [5, 5.41) is 0. The number of hydrogen-bond donors (Lipinski definition) is 0. The molecule has 0 aliphatic heterocycles. The average Bonchev–Trinajstić information content (AvgIpc) is 3.00. The molecule has 4 aliphatic rings. The zero-order valence-electron chi connectivity index (χ0n) is 19.6. The van der Waals surface area contributed by atoms with Crippen LogP contribution < -0.4 is 0 Å². The molecule has 164 valence electrons. The Morgan fingerprint density at radius 3 is 2.34 bits per heavy atom. The number of fused-ring (bicyclic) bond motifs is 5. The van der Waals surface area contributed by atoms with Crippen molar-refractivity contribution in [2.75, 3.05) is 0 Å². The van der Waals surface area contributed by atoms with Gasteiger partial charge in [0, 0.05) is 25.2 Å². The van der Waals surface area contributed by atoms with Crippen molar-refractivity contribution in [3.05, 3.63) is 0 Å². The van der Waals surface area contributed by atoms with Crippen LogP contribution in [0.2, 0.25) is 0 Å². The molecule has 0 bridgehead atoms. The standard InChI is InChI=1S/C27H44O2/c1-17(2)7-6-8-18(3)21-9-10-22-25-23(12-14-27(21,22)5)26(4)13-11-20(28)15-19(26)16-24(25)29/h17-19,21-23,25H,6-16H2,1-5H3/t18-,19-,21-,22+,23+,25+,26+,27-/m1/s1. The lowest BCUT2D eigenvalue weighted by molar-refractivity contribution is -0.159. The number of ketones is 2. The Kier molecular flexibility index (Phi) is 5.79. The van der Waals surface area contributed by atoms with E-state index in [1.807, 2.05) is 0 Å². The second-order valence-electron chi connectivity index (χ2n) is 12.4. The highest BCUT2D eigenvalue weighted by Gasteiger charge is 2.62. The van der Waals surface area contributed by atoms with E-state index >= 15 is 0 Å². The van der Waals surface area contributed by atoms with Crippen molar-refractivity contribution >= 4 is 11.6 Å². The van der Waals surface area contributed by atoms with Crippen molar-refractivity contribution in [2.24, 2.45) is 52.3 Å². The van der Waals surface area contributed by atoms with Crippen molar-refractivity contribution < 1.29 is 9.59 Å². The molecule has 0 aromatic heterocycles. The predicted octanol–water partition coefficient (Wildman–Crippen LogP) is 6.86. The highest BCUT2D eigenvalue weighted by Crippen LogP contribution is 2.67. The Hall–Kier alpha value is -0.660. The normalized spacial score (nSPS) is 45.7. The number of hydrogen-bond acceptors (Lipinski definition) is 2. The first-order chi connectivity index (χ1) is 13.7. The summed E-state index contributed by atoms with van der Waals surface area (Å²) in [6, 6.07) is 0. The van der Waals surface area contributed by atoms with Crippen LogP contribution in [-0.4, -0.2) is 11.6 Å². The van der Waals surface area contributed by atoms with E-state index in [1.54, 1.807) is 0 Å². The van der Waals surface area contributed by atoms with Gasteiger partial charge >= 0.3 is 0 Å². The summed E-state index contributed by atoms with van der Waals surface area (Å²) in [7, 11) is 0. The zero-order chi connectivity index (χ0) is 21.0. The minimum absolute atomic E-state index is 0.231. The second kappa shape index (κ2) is 7.79. The molecule has 0 spiro atoms. The molecule has 0 heterocycles. The summed E-state index contributed by atoms with van der Waals surface area (Å²) >= 11 is 0. The third-order valence-electron chi connectivity index (χ3n) is 10.5. The maximum Gasteiger partial charge on any atom is 0.136 e. The summed E-state index contributed by atoms with van der Waals surface area (Å²) in [5.74, 6) is 5.07. The lowest BCUT2D eigenvalue weighted by Crippen LogP contribution is -2.57. The fourth-order valence-electron chi connectivity index (χ4n) is 8.75. The molecule has 0 amide bonds. The van der Waals surface area contributed by atoms with Gasteiger partial charge in [0.25, 0.3) is 0 Å². The van der Waals surface area contributed by atoms with Gasteiger partial charge in [-0.2, -0.15) is 0 Å². The summed E-state index contributed by atoms with van der Waals surface area (Å²) in [6.07, 6.45) is 12.3. The topological polar surface area (TPSA) is 34.1 Å². The molecular weight excluding hydrogens is 356 g/mol. The third-order valence-corrected chi connectivity index (χ3v) is 10.5. The Labute approximate surface area is 179 Å². The van der Waals surface area contributed by atoms with E-state index in [-0.39, 0.29) is 11.3 Å². The molecule has 8 atom stereocenters. The first-order valence-electron chi connectivity index (χ1n) is 12.7. The quantitative estimate of drug-likeness (QED) is 0.505. The largest absolute Gasteiger partial charge is 0.300 e. The van der Waals surface area contributed by atoms with Crippen LogP contribution >= 0.6 is 0 Å². The second-order valence-corrected chi connectivity index (χ2v) is 12.4. The SMILES string of the molecule is CC(C)CCC[C@@H](C)[C@H]1CC[C@H]2[C@@H]3C(=O)C[C@H]4CC(=O)CC[C@]4(C)[C@H]3CC[C@]12C. The van der Waals surface area contributed by atoms with Crippen LogP contribution in [0.1, 0.15) is 105 Å². The van der Waals surface area contributed by atoms with E-state index < -0.39 is 0 Å². The van der Waals surface area contributed by atoms with Gasteiger partial charge in [0.15, 0.2) is 0 Å². The van der Waals surface area contributed by atoms with E-state index in [4.69, 9.17) is 0 Å². The van der Waals surface area contributed by atoms with Crippen LogP contribution in [0.25, 0.3) is 0 Å². The van der Waals surface area contributed by atoms with Gasteiger partial charge in [0.05, 0.1) is 0 Å². The Morgan fingerprint density at radius 1 is 0.897 bits per heavy atom. The Bertz CT molecular complexity index is 651. The molecule has 0 aromatic rings. The van der Waals surface area contributed by atoms with E-state index in [9.17, 15) is 9.59 Å². The molecule has 4 fully saturated rings. The van der Waals surface area contributed by atoms with Crippen LogP contribution in [-0.2, 0) is 9.59 Å². The highest BCUT2D eigenvalue weighted by molar-refractivity contribution is 5.86. The van der Waals surface area contributed by atoms with Crippen LogP contribution in [0.15, 0.2) is 0 Å². The zero-order valence-corrected chi connectivity index (χ0v) is 19.6. The minimum Gasteiger partial charge on any atom is -0.300 e. The molecule has 4 rings (SSSR count). The molecule has 0 saturated heterocycles. The minimum atomic E-state index is 0.231. The smallest absolute Gasteiger partial charge is 0.136 e. The fraction of sp³-hybridized carbons (Fsp3) is 0.926. The molecule has 4 aliphatic carbocycles. The van der Waals surface area contributed by atoms with Gasteiger partial charge in [-0.05, 0) is 78.4 Å². The number of carbonyl (C=O) groups excluding carboxylic acids is 2. The molecule has 2 nitrogen and oxygen atoms in total. The van der Waals surface area contributed by atoms with Crippen LogP contribution in [0.5, 0.6) is 0 Å². The molecule has 0 unspecified atom stereocenters. The van der Waals surface area contributed by atoms with Crippen molar-refractivity contribution in [2.45, 2.75) is 105 Å². The summed E-state index contributed by atoms with van der Waals surface area (Å²) in [6.45, 7) is 12.2. The summed E-state index contributed by atoms with van der Waals surface area (Å²) < 4.78 is 0. The summed E-state index contributed by atoms with van der Waals surface area (Å²) in [4.78, 5) is 25.5. The first-order valence-corrected chi connectivity index (χ1v) is 12.7. The van der Waals surface area contributed by atoms with Crippen molar-refractivity contribution in [3.8, 4) is 0 Å². The Balaban J connectivity index is 1.52. The summed E-state index contributed by atoms with van der Waals surface area (Å²) in [5.41, 5.74) is 0.594. The highest BCUT2D eigenvalue weighted by atomic mass is 16.1. The monoisotopic (exact) mass is 400 g/mol. The van der Waals surface area contributed by atoms with Crippen LogP contribution in [0.3, 0.4) is 0 Å². The third kappa shape index (κ3) is 3.55. The maximum absolute atomic E-state index is 13.4. The van der Waals surface area contributed by atoms with Crippen molar-refractivity contribution in [3.63, 3.8) is 0 Å². The molecule has 0 aromatic carbocycles. The lowest BCUT2D eigenvalue weighted by atomic mass is 9.44. The maximum atomic E-state index is 13.4. The van der Waals surface area contributed by atoms with Crippen molar-refractivity contribution in [1.82, 2.24) is 0 Å². The van der Waals surface area contributed by atoms with Gasteiger partial charge in [-0.25, -0.2) is 0 Å². The van der Waals surface area contributed by atoms with Gasteiger partial charge in [-0.1, -0.05) is 53.9 Å². The lowest BCUT2D eigenvalue weighted by Gasteiger charge is -2.59. The molecule has 4 saturated carbocycles. The van der Waals surface area contributed by atoms with E-state index in [1.165, 1.54) is 44.9 Å². The van der Waals surface area contributed by atoms with Gasteiger partial charge < -0.3 is 0 Å².